The van der Waals surface area contributed by atoms with Gasteiger partial charge in [-0.25, -0.2) is 19.4 Å². The number of imidazole rings is 1. The zero-order chi connectivity index (χ0) is 17.1. The molecule has 3 heterocycles. The molecule has 0 amide bonds. The molecular formula is C18H15N5O2. The maximum atomic E-state index is 12.6. The SMILES string of the molecule is O=C(O[C@H](Cn1cncn1)c1ccccc1)c1ccn2cncc2c1. The molecule has 0 spiro atoms. The van der Waals surface area contributed by atoms with Crippen LogP contribution >= 0.6 is 0 Å². The first kappa shape index (κ1) is 15.1. The summed E-state index contributed by atoms with van der Waals surface area (Å²) < 4.78 is 9.24. The number of pyridine rings is 1. The molecule has 0 N–H and O–H groups in total. The maximum absolute atomic E-state index is 12.6. The molecule has 124 valence electrons. The van der Waals surface area contributed by atoms with Gasteiger partial charge in [0, 0.05) is 6.20 Å². The number of ether oxygens (including phenoxy) is 1. The Bertz CT molecular complexity index is 979. The van der Waals surface area contributed by atoms with Gasteiger partial charge in [0.2, 0.25) is 0 Å². The van der Waals surface area contributed by atoms with Crippen molar-refractivity contribution in [2.24, 2.45) is 0 Å². The Kier molecular flexibility index (Phi) is 3.96. The molecule has 0 radical (unpaired) electrons. The third-order valence-electron chi connectivity index (χ3n) is 3.89. The van der Waals surface area contributed by atoms with E-state index in [1.807, 2.05) is 34.7 Å². The normalized spacial score (nSPS) is 12.2. The highest BCUT2D eigenvalue weighted by Crippen LogP contribution is 2.21. The van der Waals surface area contributed by atoms with Crippen LogP contribution in [0.4, 0.5) is 0 Å². The minimum absolute atomic E-state index is 0.391. The average Bonchev–Trinajstić information content (AvgIpc) is 3.32. The van der Waals surface area contributed by atoms with Crippen LogP contribution in [0.2, 0.25) is 0 Å². The molecule has 0 aliphatic carbocycles. The maximum Gasteiger partial charge on any atom is 0.338 e. The number of hydrogen-bond donors (Lipinski definition) is 0. The highest BCUT2D eigenvalue weighted by molar-refractivity contribution is 5.90. The lowest BCUT2D eigenvalue weighted by molar-refractivity contribution is 0.0246. The predicted molar refractivity (Wildman–Crippen MR) is 89.8 cm³/mol. The van der Waals surface area contributed by atoms with E-state index in [0.717, 1.165) is 11.1 Å². The standard InChI is InChI=1S/C18H15N5O2/c24-18(15-6-7-22-12-19-9-16(22)8-15)25-17(10-23-13-20-11-21-23)14-4-2-1-3-5-14/h1-9,11-13,17H,10H2/t17-/m1/s1. The lowest BCUT2D eigenvalue weighted by Gasteiger charge is -2.18. The summed E-state index contributed by atoms with van der Waals surface area (Å²) in [5, 5.41) is 4.10. The quantitative estimate of drug-likeness (QED) is 0.525. The number of benzene rings is 1. The second-order valence-corrected chi connectivity index (χ2v) is 5.56. The number of nitrogens with zero attached hydrogens (tertiary/aromatic N) is 5. The second-order valence-electron chi connectivity index (χ2n) is 5.56. The van der Waals surface area contributed by atoms with Crippen molar-refractivity contribution in [3.63, 3.8) is 0 Å². The summed E-state index contributed by atoms with van der Waals surface area (Å²) >= 11 is 0. The van der Waals surface area contributed by atoms with Crippen molar-refractivity contribution in [2.75, 3.05) is 0 Å². The van der Waals surface area contributed by atoms with Crippen molar-refractivity contribution in [1.82, 2.24) is 24.1 Å². The lowest BCUT2D eigenvalue weighted by atomic mass is 10.1. The minimum Gasteiger partial charge on any atom is -0.452 e. The number of carbonyl (C=O) groups is 1. The molecular weight excluding hydrogens is 318 g/mol. The Morgan fingerprint density at radius 3 is 2.80 bits per heavy atom. The smallest absolute Gasteiger partial charge is 0.338 e. The predicted octanol–water partition coefficient (Wildman–Crippen LogP) is 2.52. The number of rotatable bonds is 5. The molecule has 3 aromatic heterocycles. The molecule has 0 fully saturated rings. The second kappa shape index (κ2) is 6.56. The molecule has 7 nitrogen and oxygen atoms in total. The molecule has 0 bridgehead atoms. The van der Waals surface area contributed by atoms with Gasteiger partial charge < -0.3 is 9.14 Å². The summed E-state index contributed by atoms with van der Waals surface area (Å²) in [6.45, 7) is 0.394. The fraction of sp³-hybridized carbons (Fsp3) is 0.111. The Morgan fingerprint density at radius 2 is 2.00 bits per heavy atom. The lowest BCUT2D eigenvalue weighted by Crippen LogP contribution is -2.17. The van der Waals surface area contributed by atoms with Crippen LogP contribution in [0.3, 0.4) is 0 Å². The van der Waals surface area contributed by atoms with Crippen LogP contribution in [-0.2, 0) is 11.3 Å². The zero-order valence-corrected chi connectivity index (χ0v) is 13.3. The molecule has 4 aromatic rings. The monoisotopic (exact) mass is 333 g/mol. The summed E-state index contributed by atoms with van der Waals surface area (Å²) in [6.07, 6.45) is 7.76. The number of aromatic nitrogens is 5. The van der Waals surface area contributed by atoms with E-state index in [2.05, 4.69) is 15.1 Å². The van der Waals surface area contributed by atoms with Crippen LogP contribution in [0.25, 0.3) is 5.52 Å². The van der Waals surface area contributed by atoms with Gasteiger partial charge in [0.25, 0.3) is 0 Å². The number of hydrogen-bond acceptors (Lipinski definition) is 5. The molecule has 0 aliphatic rings. The molecule has 0 saturated carbocycles. The van der Waals surface area contributed by atoms with E-state index in [9.17, 15) is 4.79 Å². The van der Waals surface area contributed by atoms with Gasteiger partial charge in [-0.3, -0.25) is 0 Å². The summed E-state index contributed by atoms with van der Waals surface area (Å²) in [4.78, 5) is 20.6. The molecule has 1 aromatic carbocycles. The van der Waals surface area contributed by atoms with Gasteiger partial charge >= 0.3 is 5.97 Å². The average molecular weight is 333 g/mol. The van der Waals surface area contributed by atoms with E-state index in [1.165, 1.54) is 6.33 Å². The first-order chi connectivity index (χ1) is 12.3. The van der Waals surface area contributed by atoms with Gasteiger partial charge in [0.1, 0.15) is 18.8 Å². The van der Waals surface area contributed by atoms with Gasteiger partial charge in [-0.1, -0.05) is 30.3 Å². The summed E-state index contributed by atoms with van der Waals surface area (Å²) in [6, 6.07) is 13.1. The largest absolute Gasteiger partial charge is 0.452 e. The molecule has 0 unspecified atom stereocenters. The Hall–Kier alpha value is -3.48. The first-order valence-corrected chi connectivity index (χ1v) is 7.80. The summed E-state index contributed by atoms with van der Waals surface area (Å²) in [5.41, 5.74) is 2.21. The minimum atomic E-state index is -0.462. The molecule has 0 aliphatic heterocycles. The van der Waals surface area contributed by atoms with Crippen LogP contribution in [-0.4, -0.2) is 30.1 Å². The van der Waals surface area contributed by atoms with Crippen LogP contribution in [0.5, 0.6) is 0 Å². The molecule has 1 atom stereocenters. The van der Waals surface area contributed by atoms with E-state index in [-0.39, 0.29) is 0 Å². The molecule has 25 heavy (non-hydrogen) atoms. The first-order valence-electron chi connectivity index (χ1n) is 7.80. The molecule has 0 saturated heterocycles. The van der Waals surface area contributed by atoms with E-state index >= 15 is 0 Å². The number of fused-ring (bicyclic) bond motifs is 1. The third kappa shape index (κ3) is 3.25. The highest BCUT2D eigenvalue weighted by Gasteiger charge is 2.19. The topological polar surface area (TPSA) is 74.3 Å². The van der Waals surface area contributed by atoms with Gasteiger partial charge in [-0.2, -0.15) is 5.10 Å². The number of esters is 1. The van der Waals surface area contributed by atoms with Gasteiger partial charge in [0.15, 0.2) is 0 Å². The van der Waals surface area contributed by atoms with Crippen molar-refractivity contribution in [3.05, 3.63) is 85.0 Å². The number of carbonyl (C=O) groups excluding carboxylic acids is 1. The van der Waals surface area contributed by atoms with Crippen molar-refractivity contribution >= 4 is 11.5 Å². The van der Waals surface area contributed by atoms with Gasteiger partial charge in [-0.15, -0.1) is 0 Å². The van der Waals surface area contributed by atoms with Crippen molar-refractivity contribution in [2.45, 2.75) is 12.6 Å². The fourth-order valence-electron chi connectivity index (χ4n) is 2.62. The van der Waals surface area contributed by atoms with E-state index in [1.54, 1.807) is 41.9 Å². The van der Waals surface area contributed by atoms with Crippen molar-refractivity contribution in [1.29, 1.82) is 0 Å². The van der Waals surface area contributed by atoms with Gasteiger partial charge in [-0.05, 0) is 17.7 Å². The highest BCUT2D eigenvalue weighted by atomic mass is 16.5. The van der Waals surface area contributed by atoms with Crippen LogP contribution < -0.4 is 0 Å². The van der Waals surface area contributed by atoms with Crippen molar-refractivity contribution < 1.29 is 9.53 Å². The molecule has 7 heteroatoms. The zero-order valence-electron chi connectivity index (χ0n) is 13.3. The Balaban J connectivity index is 1.59. The van der Waals surface area contributed by atoms with Crippen LogP contribution in [0.1, 0.15) is 22.0 Å². The Morgan fingerprint density at radius 1 is 1.12 bits per heavy atom. The van der Waals surface area contributed by atoms with E-state index in [4.69, 9.17) is 4.74 Å². The summed E-state index contributed by atoms with van der Waals surface area (Å²) in [7, 11) is 0. The Labute approximate surface area is 143 Å². The van der Waals surface area contributed by atoms with Crippen LogP contribution in [0.15, 0.2) is 73.8 Å². The third-order valence-corrected chi connectivity index (χ3v) is 3.89. The fourth-order valence-corrected chi connectivity index (χ4v) is 2.62. The van der Waals surface area contributed by atoms with Gasteiger partial charge in [0.05, 0.1) is 30.1 Å². The summed E-state index contributed by atoms with van der Waals surface area (Å²) in [5.74, 6) is -0.391. The van der Waals surface area contributed by atoms with E-state index in [0.29, 0.717) is 12.1 Å². The van der Waals surface area contributed by atoms with Crippen LogP contribution in [0, 0.1) is 0 Å². The van der Waals surface area contributed by atoms with E-state index < -0.39 is 12.1 Å². The molecule has 4 rings (SSSR count). The van der Waals surface area contributed by atoms with Crippen molar-refractivity contribution in [3.8, 4) is 0 Å².